The van der Waals surface area contributed by atoms with Crippen LogP contribution >= 0.6 is 0 Å². The minimum absolute atomic E-state index is 0.377. The number of ether oxygens (including phenoxy) is 1. The smallest absolute Gasteiger partial charge is 0.0807 e. The number of aliphatic hydroxyl groups is 1. The zero-order chi connectivity index (χ0) is 6.41. The molecule has 0 radical (unpaired) electrons. The highest BCUT2D eigenvalue weighted by atomic mass is 16.5. The summed E-state index contributed by atoms with van der Waals surface area (Å²) in [4.78, 5) is 0. The molecule has 0 bridgehead atoms. The normalized spacial score (nSPS) is 13.2. The molecule has 0 saturated heterocycles. The van der Waals surface area contributed by atoms with Crippen molar-refractivity contribution in [2.45, 2.75) is 12.5 Å². The SMILES string of the molecule is C=CCC(O)COC. The second-order valence-corrected chi connectivity index (χ2v) is 1.63. The first-order valence-electron chi connectivity index (χ1n) is 2.59. The van der Waals surface area contributed by atoms with Crippen molar-refractivity contribution in [3.8, 4) is 0 Å². The second kappa shape index (κ2) is 4.81. The van der Waals surface area contributed by atoms with Crippen LogP contribution in [0, 0.1) is 0 Å². The highest BCUT2D eigenvalue weighted by Crippen LogP contribution is 1.90. The maximum atomic E-state index is 8.85. The summed E-state index contributed by atoms with van der Waals surface area (Å²) < 4.78 is 4.66. The number of aliphatic hydroxyl groups excluding tert-OH is 1. The van der Waals surface area contributed by atoms with Crippen LogP contribution in [0.5, 0.6) is 0 Å². The van der Waals surface area contributed by atoms with Gasteiger partial charge in [-0.2, -0.15) is 0 Å². The molecule has 1 N–H and O–H groups in total. The zero-order valence-corrected chi connectivity index (χ0v) is 5.13. The fourth-order valence-electron chi connectivity index (χ4n) is 0.453. The number of rotatable bonds is 4. The minimum Gasteiger partial charge on any atom is -0.390 e. The minimum atomic E-state index is -0.377. The van der Waals surface area contributed by atoms with Crippen LogP contribution in [0.3, 0.4) is 0 Å². The topological polar surface area (TPSA) is 29.5 Å². The van der Waals surface area contributed by atoms with Crippen molar-refractivity contribution in [3.05, 3.63) is 12.7 Å². The van der Waals surface area contributed by atoms with Gasteiger partial charge in [0.15, 0.2) is 0 Å². The molecular formula is C6H12O2. The van der Waals surface area contributed by atoms with E-state index in [9.17, 15) is 0 Å². The second-order valence-electron chi connectivity index (χ2n) is 1.63. The predicted molar refractivity (Wildman–Crippen MR) is 32.7 cm³/mol. The first-order valence-corrected chi connectivity index (χ1v) is 2.59. The number of methoxy groups -OCH3 is 1. The van der Waals surface area contributed by atoms with E-state index in [2.05, 4.69) is 11.3 Å². The Morgan fingerprint density at radius 1 is 1.88 bits per heavy atom. The van der Waals surface area contributed by atoms with E-state index in [0.717, 1.165) is 0 Å². The summed E-state index contributed by atoms with van der Waals surface area (Å²) in [6, 6.07) is 0. The number of hydrogen-bond donors (Lipinski definition) is 1. The van der Waals surface area contributed by atoms with Gasteiger partial charge in [-0.25, -0.2) is 0 Å². The highest BCUT2D eigenvalue weighted by Gasteiger charge is 1.96. The lowest BCUT2D eigenvalue weighted by Crippen LogP contribution is -2.11. The summed E-state index contributed by atoms with van der Waals surface area (Å²) in [5.74, 6) is 0. The Balaban J connectivity index is 3.03. The number of hydrogen-bond acceptors (Lipinski definition) is 2. The van der Waals surface area contributed by atoms with Crippen LogP contribution in [0.15, 0.2) is 12.7 Å². The first-order chi connectivity index (χ1) is 3.81. The van der Waals surface area contributed by atoms with Crippen molar-refractivity contribution < 1.29 is 9.84 Å². The fourth-order valence-corrected chi connectivity index (χ4v) is 0.453. The lowest BCUT2D eigenvalue weighted by Gasteiger charge is -2.03. The molecule has 0 aliphatic heterocycles. The van der Waals surface area contributed by atoms with Crippen LogP contribution in [-0.4, -0.2) is 24.9 Å². The fraction of sp³-hybridized carbons (Fsp3) is 0.667. The van der Waals surface area contributed by atoms with Crippen LogP contribution < -0.4 is 0 Å². The Kier molecular flexibility index (Phi) is 4.61. The molecule has 0 aliphatic carbocycles. The van der Waals surface area contributed by atoms with Crippen LogP contribution in [0.25, 0.3) is 0 Å². The summed E-state index contributed by atoms with van der Waals surface area (Å²) in [5, 5.41) is 8.85. The van der Waals surface area contributed by atoms with Crippen molar-refractivity contribution >= 4 is 0 Å². The average molecular weight is 116 g/mol. The van der Waals surface area contributed by atoms with Crippen LogP contribution in [-0.2, 0) is 4.74 Å². The van der Waals surface area contributed by atoms with Crippen LogP contribution in [0.4, 0.5) is 0 Å². The van der Waals surface area contributed by atoms with Crippen molar-refractivity contribution in [1.29, 1.82) is 0 Å². The maximum absolute atomic E-state index is 8.85. The van der Waals surface area contributed by atoms with E-state index < -0.39 is 0 Å². The molecule has 0 amide bonds. The Morgan fingerprint density at radius 2 is 2.50 bits per heavy atom. The van der Waals surface area contributed by atoms with E-state index in [0.29, 0.717) is 13.0 Å². The van der Waals surface area contributed by atoms with Gasteiger partial charge in [0.05, 0.1) is 12.7 Å². The van der Waals surface area contributed by atoms with Gasteiger partial charge in [-0.1, -0.05) is 6.08 Å². The highest BCUT2D eigenvalue weighted by molar-refractivity contribution is 4.71. The predicted octanol–water partition coefficient (Wildman–Crippen LogP) is 0.570. The molecule has 1 atom stereocenters. The largest absolute Gasteiger partial charge is 0.390 e. The van der Waals surface area contributed by atoms with Gasteiger partial charge in [0.1, 0.15) is 0 Å². The third kappa shape index (κ3) is 3.84. The molecule has 0 aliphatic rings. The van der Waals surface area contributed by atoms with Gasteiger partial charge in [0.2, 0.25) is 0 Å². The molecule has 2 nitrogen and oxygen atoms in total. The van der Waals surface area contributed by atoms with E-state index in [1.54, 1.807) is 13.2 Å². The quantitative estimate of drug-likeness (QED) is 0.544. The molecule has 1 unspecified atom stereocenters. The summed E-state index contributed by atoms with van der Waals surface area (Å²) in [6.45, 7) is 3.86. The Hall–Kier alpha value is -0.340. The van der Waals surface area contributed by atoms with Crippen LogP contribution in [0.2, 0.25) is 0 Å². The molecule has 0 aromatic rings. The molecule has 0 rings (SSSR count). The molecule has 2 heteroatoms. The molecule has 0 heterocycles. The van der Waals surface area contributed by atoms with Gasteiger partial charge in [-0.15, -0.1) is 6.58 Å². The van der Waals surface area contributed by atoms with Gasteiger partial charge >= 0.3 is 0 Å². The van der Waals surface area contributed by atoms with E-state index in [1.165, 1.54) is 0 Å². The third-order valence-electron chi connectivity index (χ3n) is 0.798. The summed E-state index contributed by atoms with van der Waals surface area (Å²) in [7, 11) is 1.56. The molecule has 0 aromatic heterocycles. The molecule has 0 saturated carbocycles. The van der Waals surface area contributed by atoms with E-state index in [1.807, 2.05) is 0 Å². The van der Waals surface area contributed by atoms with Gasteiger partial charge in [0.25, 0.3) is 0 Å². The standard InChI is InChI=1S/C6H12O2/c1-3-4-6(7)5-8-2/h3,6-7H,1,4-5H2,2H3. The molecule has 8 heavy (non-hydrogen) atoms. The molecule has 0 aromatic carbocycles. The Morgan fingerprint density at radius 3 is 2.88 bits per heavy atom. The van der Waals surface area contributed by atoms with Crippen LogP contribution in [0.1, 0.15) is 6.42 Å². The Labute approximate surface area is 49.8 Å². The lowest BCUT2D eigenvalue weighted by molar-refractivity contribution is 0.0667. The van der Waals surface area contributed by atoms with E-state index >= 15 is 0 Å². The van der Waals surface area contributed by atoms with Crippen molar-refractivity contribution in [2.24, 2.45) is 0 Å². The van der Waals surface area contributed by atoms with Gasteiger partial charge in [-0.3, -0.25) is 0 Å². The Bertz CT molecular complexity index is 61.5. The zero-order valence-electron chi connectivity index (χ0n) is 5.13. The first kappa shape index (κ1) is 7.66. The molecule has 0 spiro atoms. The maximum Gasteiger partial charge on any atom is 0.0807 e. The van der Waals surface area contributed by atoms with E-state index in [-0.39, 0.29) is 6.10 Å². The van der Waals surface area contributed by atoms with Gasteiger partial charge in [-0.05, 0) is 6.42 Å². The van der Waals surface area contributed by atoms with Gasteiger partial charge in [0, 0.05) is 7.11 Å². The monoisotopic (exact) mass is 116 g/mol. The van der Waals surface area contributed by atoms with Crippen molar-refractivity contribution in [2.75, 3.05) is 13.7 Å². The molecule has 0 fully saturated rings. The lowest BCUT2D eigenvalue weighted by atomic mass is 10.3. The van der Waals surface area contributed by atoms with E-state index in [4.69, 9.17) is 5.11 Å². The van der Waals surface area contributed by atoms with Crippen molar-refractivity contribution in [3.63, 3.8) is 0 Å². The summed E-state index contributed by atoms with van der Waals surface area (Å²) >= 11 is 0. The summed E-state index contributed by atoms with van der Waals surface area (Å²) in [6.07, 6.45) is 1.90. The third-order valence-corrected chi connectivity index (χ3v) is 0.798. The molecule has 48 valence electrons. The summed E-state index contributed by atoms with van der Waals surface area (Å²) in [5.41, 5.74) is 0. The van der Waals surface area contributed by atoms with Crippen molar-refractivity contribution in [1.82, 2.24) is 0 Å². The molecular weight excluding hydrogens is 104 g/mol. The van der Waals surface area contributed by atoms with Gasteiger partial charge < -0.3 is 9.84 Å². The average Bonchev–Trinajstić information content (AvgIpc) is 1.68.